The highest BCUT2D eigenvalue weighted by atomic mass is 16.7. The van der Waals surface area contributed by atoms with Gasteiger partial charge in [-0.1, -0.05) is 240 Å². The Kier molecular flexibility index (Phi) is 48.6. The SMILES string of the molecule is CC/C=C\C/C=C\C/C=C\C/C=C\C/C=C\C/C=C\CCC(=O)OC1C(OCC(NC(=O)C(O)CCCCCCCC/C=C/CCCCCCCC)C(O)/C=C/CCCCCCCCCCCC)OC(CO)C(O)C1O. The van der Waals surface area contributed by atoms with Gasteiger partial charge < -0.3 is 45.1 Å². The summed E-state index contributed by atoms with van der Waals surface area (Å²) in [6.45, 7) is 5.62. The Morgan fingerprint density at radius 3 is 1.42 bits per heavy atom. The van der Waals surface area contributed by atoms with E-state index >= 15 is 0 Å². The summed E-state index contributed by atoms with van der Waals surface area (Å²) in [5.41, 5.74) is 0. The number of aliphatic hydroxyl groups is 5. The van der Waals surface area contributed by atoms with Crippen LogP contribution in [0.15, 0.2) is 97.2 Å². The van der Waals surface area contributed by atoms with E-state index < -0.39 is 67.4 Å². The molecule has 11 nitrogen and oxygen atoms in total. The van der Waals surface area contributed by atoms with E-state index in [4.69, 9.17) is 14.2 Å². The summed E-state index contributed by atoms with van der Waals surface area (Å²) in [7, 11) is 0. The Balaban J connectivity index is 2.75. The molecule has 8 unspecified atom stereocenters. The molecule has 1 saturated heterocycles. The van der Waals surface area contributed by atoms with Crippen molar-refractivity contribution in [1.82, 2.24) is 5.32 Å². The molecule has 0 aromatic rings. The summed E-state index contributed by atoms with van der Waals surface area (Å²) >= 11 is 0. The largest absolute Gasteiger partial charge is 0.454 e. The van der Waals surface area contributed by atoms with E-state index in [0.717, 1.165) is 96.3 Å². The van der Waals surface area contributed by atoms with E-state index in [1.165, 1.54) is 89.9 Å². The summed E-state index contributed by atoms with van der Waals surface area (Å²) in [5.74, 6) is -1.29. The Morgan fingerprint density at radius 2 is 0.947 bits per heavy atom. The van der Waals surface area contributed by atoms with Crippen molar-refractivity contribution in [2.75, 3.05) is 13.2 Å². The summed E-state index contributed by atoms with van der Waals surface area (Å²) in [6, 6.07) is -1.05. The monoisotopic (exact) mass is 1070 g/mol. The highest BCUT2D eigenvalue weighted by molar-refractivity contribution is 5.80. The highest BCUT2D eigenvalue weighted by Crippen LogP contribution is 2.26. The zero-order valence-electron chi connectivity index (χ0n) is 48.1. The number of hydrogen-bond donors (Lipinski definition) is 6. The number of esters is 1. The van der Waals surface area contributed by atoms with Gasteiger partial charge >= 0.3 is 5.97 Å². The van der Waals surface area contributed by atoms with Gasteiger partial charge in [-0.15, -0.1) is 0 Å². The summed E-state index contributed by atoms with van der Waals surface area (Å²) in [4.78, 5) is 26.5. The van der Waals surface area contributed by atoms with Crippen LogP contribution in [0.4, 0.5) is 0 Å². The Bertz CT molecular complexity index is 1600. The fourth-order valence-electron chi connectivity index (χ4n) is 8.91. The first-order valence-corrected chi connectivity index (χ1v) is 30.5. The minimum Gasteiger partial charge on any atom is -0.454 e. The Morgan fingerprint density at radius 1 is 0.526 bits per heavy atom. The first-order chi connectivity index (χ1) is 37.2. The molecule has 0 spiro atoms. The van der Waals surface area contributed by atoms with Crippen molar-refractivity contribution in [1.29, 1.82) is 0 Å². The van der Waals surface area contributed by atoms with Gasteiger partial charge in [0.25, 0.3) is 0 Å². The average molecular weight is 1070 g/mol. The Hall–Kier alpha value is -3.42. The van der Waals surface area contributed by atoms with Crippen LogP contribution in [0, 0.1) is 0 Å². The van der Waals surface area contributed by atoms with Crippen LogP contribution in [0.1, 0.15) is 239 Å². The minimum atomic E-state index is -1.65. The third kappa shape index (κ3) is 39.9. The van der Waals surface area contributed by atoms with Crippen LogP contribution in [0.3, 0.4) is 0 Å². The highest BCUT2D eigenvalue weighted by Gasteiger charge is 2.47. The number of allylic oxidation sites excluding steroid dienone is 15. The van der Waals surface area contributed by atoms with Gasteiger partial charge in [0.1, 0.15) is 24.4 Å². The molecule has 1 aliphatic rings. The number of unbranched alkanes of at least 4 members (excludes halogenated alkanes) is 22. The lowest BCUT2D eigenvalue weighted by atomic mass is 9.99. The van der Waals surface area contributed by atoms with Crippen molar-refractivity contribution < 1.29 is 49.3 Å². The van der Waals surface area contributed by atoms with Crippen LogP contribution >= 0.6 is 0 Å². The molecular weight excluding hydrogens is 955 g/mol. The lowest BCUT2D eigenvalue weighted by molar-refractivity contribution is -0.305. The van der Waals surface area contributed by atoms with Gasteiger partial charge in [0.2, 0.25) is 5.91 Å². The van der Waals surface area contributed by atoms with Crippen molar-refractivity contribution in [3.05, 3.63) is 97.2 Å². The third-order valence-corrected chi connectivity index (χ3v) is 13.7. The number of rotatable bonds is 50. The number of hydrogen-bond acceptors (Lipinski definition) is 10. The number of nitrogens with one attached hydrogen (secondary N) is 1. The third-order valence-electron chi connectivity index (χ3n) is 13.7. The molecule has 0 aromatic heterocycles. The van der Waals surface area contributed by atoms with Crippen LogP contribution in [-0.4, -0.2) is 99.6 Å². The molecule has 0 aliphatic carbocycles. The second kappa shape index (κ2) is 52.3. The topological polar surface area (TPSA) is 175 Å². The number of aliphatic hydroxyl groups excluding tert-OH is 5. The fourth-order valence-corrected chi connectivity index (χ4v) is 8.91. The van der Waals surface area contributed by atoms with Gasteiger partial charge in [-0.05, 0) is 89.9 Å². The zero-order chi connectivity index (χ0) is 55.4. The van der Waals surface area contributed by atoms with Gasteiger partial charge in [-0.2, -0.15) is 0 Å². The van der Waals surface area contributed by atoms with Gasteiger partial charge in [0, 0.05) is 6.42 Å². The van der Waals surface area contributed by atoms with Gasteiger partial charge in [-0.25, -0.2) is 0 Å². The molecule has 1 aliphatic heterocycles. The molecule has 1 rings (SSSR count). The smallest absolute Gasteiger partial charge is 0.306 e. The molecule has 0 aromatic carbocycles. The second-order valence-corrected chi connectivity index (χ2v) is 20.7. The van der Waals surface area contributed by atoms with Gasteiger partial charge in [0.05, 0.1) is 25.4 Å². The Labute approximate surface area is 463 Å². The summed E-state index contributed by atoms with van der Waals surface area (Å²) in [5, 5.41) is 56.9. The fraction of sp³-hybridized carbons (Fsp3) is 0.723. The maximum atomic E-state index is 13.4. The molecule has 1 fully saturated rings. The molecule has 76 heavy (non-hydrogen) atoms. The van der Waals surface area contributed by atoms with E-state index in [0.29, 0.717) is 19.3 Å². The van der Waals surface area contributed by atoms with Crippen molar-refractivity contribution in [3.63, 3.8) is 0 Å². The van der Waals surface area contributed by atoms with Gasteiger partial charge in [-0.3, -0.25) is 9.59 Å². The number of carbonyl (C=O) groups excluding carboxylic acids is 2. The summed E-state index contributed by atoms with van der Waals surface area (Å²) < 4.78 is 17.5. The van der Waals surface area contributed by atoms with Crippen molar-refractivity contribution in [2.45, 2.75) is 288 Å². The van der Waals surface area contributed by atoms with E-state index in [2.05, 4.69) is 99.0 Å². The van der Waals surface area contributed by atoms with Crippen LogP contribution < -0.4 is 5.32 Å². The molecular formula is C65H111NO10. The van der Waals surface area contributed by atoms with Crippen molar-refractivity contribution in [2.24, 2.45) is 0 Å². The predicted octanol–water partition coefficient (Wildman–Crippen LogP) is 14.3. The van der Waals surface area contributed by atoms with E-state index in [-0.39, 0.29) is 19.4 Å². The van der Waals surface area contributed by atoms with Crippen LogP contribution in [0.5, 0.6) is 0 Å². The maximum Gasteiger partial charge on any atom is 0.306 e. The van der Waals surface area contributed by atoms with E-state index in [1.807, 2.05) is 18.2 Å². The first kappa shape index (κ1) is 70.6. The van der Waals surface area contributed by atoms with Gasteiger partial charge in [0.15, 0.2) is 12.4 Å². The lowest BCUT2D eigenvalue weighted by Crippen LogP contribution is -2.61. The van der Waals surface area contributed by atoms with E-state index in [1.54, 1.807) is 6.08 Å². The number of ether oxygens (including phenoxy) is 3. The normalized spacial score (nSPS) is 19.8. The van der Waals surface area contributed by atoms with Crippen LogP contribution in [0.25, 0.3) is 0 Å². The second-order valence-electron chi connectivity index (χ2n) is 20.7. The first-order valence-electron chi connectivity index (χ1n) is 30.5. The quantitative estimate of drug-likeness (QED) is 0.0195. The minimum absolute atomic E-state index is 0.00620. The maximum absolute atomic E-state index is 13.4. The van der Waals surface area contributed by atoms with Crippen LogP contribution in [0.2, 0.25) is 0 Å². The predicted molar refractivity (Wildman–Crippen MR) is 315 cm³/mol. The number of carbonyl (C=O) groups is 2. The molecule has 0 saturated carbocycles. The molecule has 6 N–H and O–H groups in total. The van der Waals surface area contributed by atoms with Crippen molar-refractivity contribution >= 4 is 11.9 Å². The molecule has 11 heteroatoms. The molecule has 0 radical (unpaired) electrons. The average Bonchev–Trinajstić information content (AvgIpc) is 3.42. The molecule has 436 valence electrons. The summed E-state index contributed by atoms with van der Waals surface area (Å²) in [6.07, 6.45) is 58.8. The molecule has 0 bridgehead atoms. The van der Waals surface area contributed by atoms with Crippen LogP contribution in [-0.2, 0) is 23.8 Å². The zero-order valence-corrected chi connectivity index (χ0v) is 48.1. The molecule has 1 amide bonds. The van der Waals surface area contributed by atoms with E-state index in [9.17, 15) is 35.1 Å². The standard InChI is InChI=1S/C65H111NO10/c1-4-7-10-13-16-19-22-25-27-29-30-31-33-35-38-41-44-47-50-53-60(70)76-63-62(72)61(71)59(54-67)75-65(63)74-55-56(57(68)51-48-45-42-39-36-24-21-18-15-12-9-6-3)66-64(73)58(69)52-49-46-43-40-37-34-32-28-26-23-20-17-14-11-8-5-2/h7,10,16,19,25-28,30-31,35,38,44,47-48,51,56-59,61-63,65,67-69,71-72H,4-6,8-9,11-15,17-18,20-24,29,32-34,36-37,39-43,45-46,49-50,52-55H2,1-3H3,(H,66,73)/b10-7-,19-16-,27-25-,28-26+,31-30-,38-35-,47-44-,51-48+. The number of amides is 1. The van der Waals surface area contributed by atoms with Crippen molar-refractivity contribution in [3.8, 4) is 0 Å². The molecule has 8 atom stereocenters. The lowest BCUT2D eigenvalue weighted by Gasteiger charge is -2.41. The molecule has 1 heterocycles.